The van der Waals surface area contributed by atoms with E-state index in [9.17, 15) is 8.78 Å². The standard InChI is InChI=1S/C10H7F2NO/c11-7-3-6-1-2-8(5-14)13-10(6)9(12)4-7/h1-4,14H,5H2. The van der Waals surface area contributed by atoms with Crippen LogP contribution in [0, 0.1) is 11.6 Å². The van der Waals surface area contributed by atoms with Gasteiger partial charge >= 0.3 is 0 Å². The predicted octanol–water partition coefficient (Wildman–Crippen LogP) is 2.01. The van der Waals surface area contributed by atoms with E-state index in [0.29, 0.717) is 11.1 Å². The number of aliphatic hydroxyl groups is 1. The number of hydrogen-bond donors (Lipinski definition) is 1. The second kappa shape index (κ2) is 3.31. The molecule has 0 atom stereocenters. The third-order valence-electron chi connectivity index (χ3n) is 1.93. The second-order valence-electron chi connectivity index (χ2n) is 2.92. The molecule has 0 aliphatic heterocycles. The Morgan fingerprint density at radius 1 is 1.21 bits per heavy atom. The smallest absolute Gasteiger partial charge is 0.152 e. The van der Waals surface area contributed by atoms with Crippen molar-refractivity contribution in [3.8, 4) is 0 Å². The summed E-state index contributed by atoms with van der Waals surface area (Å²) in [5.41, 5.74) is 0.445. The Kier molecular flexibility index (Phi) is 2.13. The zero-order valence-corrected chi connectivity index (χ0v) is 7.17. The van der Waals surface area contributed by atoms with Gasteiger partial charge in [0.2, 0.25) is 0 Å². The lowest BCUT2D eigenvalue weighted by Crippen LogP contribution is -1.92. The first-order valence-corrected chi connectivity index (χ1v) is 4.06. The van der Waals surface area contributed by atoms with Crippen molar-refractivity contribution in [2.75, 3.05) is 0 Å². The highest BCUT2D eigenvalue weighted by Crippen LogP contribution is 2.17. The molecule has 14 heavy (non-hydrogen) atoms. The Morgan fingerprint density at radius 2 is 2.00 bits per heavy atom. The van der Waals surface area contributed by atoms with Crippen molar-refractivity contribution in [3.63, 3.8) is 0 Å². The van der Waals surface area contributed by atoms with Crippen molar-refractivity contribution in [2.45, 2.75) is 6.61 Å². The highest BCUT2D eigenvalue weighted by Gasteiger charge is 2.05. The molecular weight excluding hydrogens is 188 g/mol. The summed E-state index contributed by atoms with van der Waals surface area (Å²) >= 11 is 0. The Labute approximate surface area is 78.8 Å². The molecule has 0 radical (unpaired) electrons. The molecule has 2 aromatic rings. The monoisotopic (exact) mass is 195 g/mol. The summed E-state index contributed by atoms with van der Waals surface area (Å²) < 4.78 is 25.9. The predicted molar refractivity (Wildman–Crippen MR) is 47.6 cm³/mol. The third-order valence-corrected chi connectivity index (χ3v) is 1.93. The van der Waals surface area contributed by atoms with Crippen LogP contribution in [0.15, 0.2) is 24.3 Å². The molecule has 1 aromatic carbocycles. The molecule has 2 rings (SSSR count). The Hall–Kier alpha value is -1.55. The first-order chi connectivity index (χ1) is 6.70. The number of aromatic nitrogens is 1. The lowest BCUT2D eigenvalue weighted by atomic mass is 10.2. The number of aliphatic hydroxyl groups excluding tert-OH is 1. The van der Waals surface area contributed by atoms with Gasteiger partial charge in [0.25, 0.3) is 0 Å². The van der Waals surface area contributed by atoms with Crippen LogP contribution < -0.4 is 0 Å². The van der Waals surface area contributed by atoms with E-state index >= 15 is 0 Å². The average Bonchev–Trinajstić information content (AvgIpc) is 2.17. The maximum atomic E-state index is 13.2. The van der Waals surface area contributed by atoms with Crippen LogP contribution in [0.2, 0.25) is 0 Å². The van der Waals surface area contributed by atoms with Gasteiger partial charge < -0.3 is 5.11 Å². The largest absolute Gasteiger partial charge is 0.390 e. The van der Waals surface area contributed by atoms with Gasteiger partial charge in [0.05, 0.1) is 12.3 Å². The number of benzene rings is 1. The summed E-state index contributed by atoms with van der Waals surface area (Å²) in [6.45, 7) is -0.257. The lowest BCUT2D eigenvalue weighted by molar-refractivity contribution is 0.277. The van der Waals surface area contributed by atoms with Crippen molar-refractivity contribution in [1.29, 1.82) is 0 Å². The van der Waals surface area contributed by atoms with Gasteiger partial charge in [-0.15, -0.1) is 0 Å². The summed E-state index contributed by atoms with van der Waals surface area (Å²) in [6, 6.07) is 5.03. The topological polar surface area (TPSA) is 33.1 Å². The second-order valence-corrected chi connectivity index (χ2v) is 2.92. The molecule has 1 heterocycles. The average molecular weight is 195 g/mol. The zero-order chi connectivity index (χ0) is 10.1. The molecule has 0 bridgehead atoms. The highest BCUT2D eigenvalue weighted by molar-refractivity contribution is 5.79. The van der Waals surface area contributed by atoms with E-state index in [1.54, 1.807) is 0 Å². The van der Waals surface area contributed by atoms with E-state index in [0.717, 1.165) is 6.07 Å². The Morgan fingerprint density at radius 3 is 2.71 bits per heavy atom. The van der Waals surface area contributed by atoms with Crippen molar-refractivity contribution >= 4 is 10.9 Å². The minimum absolute atomic E-state index is 0.0814. The minimum atomic E-state index is -0.713. The van der Waals surface area contributed by atoms with Gasteiger partial charge in [-0.2, -0.15) is 0 Å². The fraction of sp³-hybridized carbons (Fsp3) is 0.100. The number of hydrogen-bond acceptors (Lipinski definition) is 2. The van der Waals surface area contributed by atoms with Crippen molar-refractivity contribution in [3.05, 3.63) is 41.6 Å². The van der Waals surface area contributed by atoms with E-state index in [1.807, 2.05) is 0 Å². The maximum absolute atomic E-state index is 13.2. The zero-order valence-electron chi connectivity index (χ0n) is 7.17. The first-order valence-electron chi connectivity index (χ1n) is 4.06. The van der Waals surface area contributed by atoms with E-state index in [4.69, 9.17) is 5.11 Å². The van der Waals surface area contributed by atoms with Crippen LogP contribution in [-0.2, 0) is 6.61 Å². The number of nitrogens with zero attached hydrogens (tertiary/aromatic N) is 1. The molecule has 0 aliphatic carbocycles. The molecule has 0 spiro atoms. The van der Waals surface area contributed by atoms with E-state index in [2.05, 4.69) is 4.98 Å². The Balaban J connectivity index is 2.75. The molecule has 4 heteroatoms. The van der Waals surface area contributed by atoms with Crippen molar-refractivity contribution in [2.24, 2.45) is 0 Å². The van der Waals surface area contributed by atoms with Crippen LogP contribution in [0.4, 0.5) is 8.78 Å². The molecule has 0 saturated carbocycles. The SMILES string of the molecule is OCc1ccc2cc(F)cc(F)c2n1. The van der Waals surface area contributed by atoms with Gasteiger partial charge in [0, 0.05) is 11.5 Å². The molecule has 0 fully saturated rings. The lowest BCUT2D eigenvalue weighted by Gasteiger charge is -2.01. The maximum Gasteiger partial charge on any atom is 0.152 e. The van der Waals surface area contributed by atoms with E-state index in [-0.39, 0.29) is 12.1 Å². The van der Waals surface area contributed by atoms with Gasteiger partial charge in [-0.05, 0) is 12.1 Å². The van der Waals surface area contributed by atoms with Crippen molar-refractivity contribution in [1.82, 2.24) is 4.98 Å². The summed E-state index contributed by atoms with van der Waals surface area (Å²) in [5.74, 6) is -1.34. The van der Waals surface area contributed by atoms with Crippen LogP contribution in [0.25, 0.3) is 10.9 Å². The van der Waals surface area contributed by atoms with E-state index in [1.165, 1.54) is 18.2 Å². The summed E-state index contributed by atoms with van der Waals surface area (Å²) in [6.07, 6.45) is 0. The number of fused-ring (bicyclic) bond motifs is 1. The fourth-order valence-corrected chi connectivity index (χ4v) is 1.29. The molecular formula is C10H7F2NO. The number of pyridine rings is 1. The fourth-order valence-electron chi connectivity index (χ4n) is 1.29. The quantitative estimate of drug-likeness (QED) is 0.755. The molecule has 72 valence electrons. The molecule has 1 N–H and O–H groups in total. The molecule has 0 aliphatic rings. The van der Waals surface area contributed by atoms with Gasteiger partial charge in [-0.1, -0.05) is 6.07 Å². The summed E-state index contributed by atoms with van der Waals surface area (Å²) in [4.78, 5) is 3.84. The Bertz CT molecular complexity index is 485. The van der Waals surface area contributed by atoms with Crippen LogP contribution in [0.5, 0.6) is 0 Å². The third kappa shape index (κ3) is 1.44. The summed E-state index contributed by atoms with van der Waals surface area (Å²) in [5, 5.41) is 9.17. The van der Waals surface area contributed by atoms with Gasteiger partial charge in [-0.25, -0.2) is 13.8 Å². The molecule has 2 nitrogen and oxygen atoms in total. The summed E-state index contributed by atoms with van der Waals surface area (Å²) in [7, 11) is 0. The molecule has 0 amide bonds. The first kappa shape index (κ1) is 9.02. The van der Waals surface area contributed by atoms with Crippen LogP contribution in [0.3, 0.4) is 0 Å². The molecule has 0 unspecified atom stereocenters. The minimum Gasteiger partial charge on any atom is -0.390 e. The van der Waals surface area contributed by atoms with Gasteiger partial charge in [0.1, 0.15) is 11.3 Å². The molecule has 0 saturated heterocycles. The van der Waals surface area contributed by atoms with Crippen molar-refractivity contribution < 1.29 is 13.9 Å². The normalized spacial score (nSPS) is 10.8. The van der Waals surface area contributed by atoms with Crippen LogP contribution in [0.1, 0.15) is 5.69 Å². The number of halogens is 2. The van der Waals surface area contributed by atoms with Crippen LogP contribution >= 0.6 is 0 Å². The van der Waals surface area contributed by atoms with Crippen LogP contribution in [-0.4, -0.2) is 10.1 Å². The highest BCUT2D eigenvalue weighted by atomic mass is 19.1. The number of rotatable bonds is 1. The molecule has 1 aromatic heterocycles. The van der Waals surface area contributed by atoms with Gasteiger partial charge in [-0.3, -0.25) is 0 Å². The van der Waals surface area contributed by atoms with Gasteiger partial charge in [0.15, 0.2) is 5.82 Å². The van der Waals surface area contributed by atoms with E-state index < -0.39 is 11.6 Å².